The lowest BCUT2D eigenvalue weighted by molar-refractivity contribution is 0.208. The third kappa shape index (κ3) is 2.84. The molecule has 1 unspecified atom stereocenters. The van der Waals surface area contributed by atoms with Crippen LogP contribution in [-0.2, 0) is 0 Å². The number of nitrogens with two attached hydrogens (primary N) is 1. The Hall–Kier alpha value is -1.07. The third-order valence-electron chi connectivity index (χ3n) is 3.37. The lowest BCUT2D eigenvalue weighted by atomic mass is 9.97. The summed E-state index contributed by atoms with van der Waals surface area (Å²) in [4.78, 5) is 2.21. The Morgan fingerprint density at radius 1 is 1.56 bits per heavy atom. The highest BCUT2D eigenvalue weighted by Crippen LogP contribution is 2.29. The molecule has 18 heavy (non-hydrogen) atoms. The number of aliphatic hydroxyl groups excluding tert-OH is 1. The number of nitrogen functional groups attached to an aromatic ring is 1. The first-order valence-corrected chi connectivity index (χ1v) is 6.91. The van der Waals surface area contributed by atoms with Crippen LogP contribution in [-0.4, -0.2) is 30.6 Å². The molecule has 0 spiro atoms. The highest BCUT2D eigenvalue weighted by Gasteiger charge is 2.22. The topological polar surface area (TPSA) is 73.3 Å². The van der Waals surface area contributed by atoms with Gasteiger partial charge in [0.15, 0.2) is 0 Å². The van der Waals surface area contributed by atoms with Crippen LogP contribution in [0.1, 0.15) is 18.4 Å². The van der Waals surface area contributed by atoms with E-state index in [-0.39, 0.29) is 12.4 Å². The van der Waals surface area contributed by atoms with Crippen LogP contribution in [0.3, 0.4) is 0 Å². The molecule has 0 aliphatic carbocycles. The van der Waals surface area contributed by atoms with Crippen molar-refractivity contribution >= 4 is 27.5 Å². The highest BCUT2D eigenvalue weighted by atomic mass is 79.9. The molecule has 1 atom stereocenters. The van der Waals surface area contributed by atoms with Crippen molar-refractivity contribution in [3.63, 3.8) is 0 Å². The molecule has 1 saturated heterocycles. The minimum atomic E-state index is 0.0867. The minimum absolute atomic E-state index is 0.0867. The highest BCUT2D eigenvalue weighted by molar-refractivity contribution is 9.10. The fraction of sp³-hybridized carbons (Fsp3) is 0.462. The molecule has 1 aromatic carbocycles. The summed E-state index contributed by atoms with van der Waals surface area (Å²) in [6.07, 6.45) is 2.13. The summed E-state index contributed by atoms with van der Waals surface area (Å²) in [6, 6.07) is 5.76. The summed E-state index contributed by atoms with van der Waals surface area (Å²) in [6.45, 7) is 2.00. The van der Waals surface area contributed by atoms with Gasteiger partial charge in [-0.2, -0.15) is 0 Å². The first-order chi connectivity index (χ1) is 8.61. The van der Waals surface area contributed by atoms with Gasteiger partial charge in [-0.3, -0.25) is 5.41 Å². The molecule has 1 heterocycles. The monoisotopic (exact) mass is 311 g/mol. The van der Waals surface area contributed by atoms with E-state index in [1.807, 2.05) is 18.2 Å². The van der Waals surface area contributed by atoms with Crippen LogP contribution in [0.2, 0.25) is 0 Å². The second kappa shape index (κ2) is 5.71. The average Bonchev–Trinajstić information content (AvgIpc) is 2.38. The van der Waals surface area contributed by atoms with E-state index in [0.29, 0.717) is 5.92 Å². The Balaban J connectivity index is 2.31. The maximum atomic E-state index is 9.29. The Labute approximate surface area is 115 Å². The molecule has 0 radical (unpaired) electrons. The molecule has 1 fully saturated rings. The third-order valence-corrected chi connectivity index (χ3v) is 3.86. The zero-order chi connectivity index (χ0) is 13.1. The van der Waals surface area contributed by atoms with Crippen LogP contribution in [0.4, 0.5) is 5.69 Å². The number of hydrogen-bond acceptors (Lipinski definition) is 3. The molecule has 2 rings (SSSR count). The summed E-state index contributed by atoms with van der Waals surface area (Å²) >= 11 is 3.46. The zero-order valence-corrected chi connectivity index (χ0v) is 11.8. The molecule has 0 bridgehead atoms. The fourth-order valence-electron chi connectivity index (χ4n) is 2.43. The van der Waals surface area contributed by atoms with Crippen LogP contribution < -0.4 is 10.6 Å². The Morgan fingerprint density at radius 2 is 2.33 bits per heavy atom. The lowest BCUT2D eigenvalue weighted by Crippen LogP contribution is -2.38. The predicted molar refractivity (Wildman–Crippen MR) is 77.2 cm³/mol. The summed E-state index contributed by atoms with van der Waals surface area (Å²) in [7, 11) is 0. The second-order valence-electron chi connectivity index (χ2n) is 4.71. The van der Waals surface area contributed by atoms with Gasteiger partial charge < -0.3 is 15.7 Å². The zero-order valence-electron chi connectivity index (χ0n) is 10.2. The normalized spacial score (nSPS) is 19.9. The largest absolute Gasteiger partial charge is 0.396 e. The van der Waals surface area contributed by atoms with Crippen molar-refractivity contribution in [3.05, 3.63) is 28.2 Å². The number of hydrogen-bond donors (Lipinski definition) is 3. The van der Waals surface area contributed by atoms with Gasteiger partial charge >= 0.3 is 0 Å². The SMILES string of the molecule is N=C(N)c1ccc(Br)cc1N1CCCC(CO)C1. The van der Waals surface area contributed by atoms with Crippen LogP contribution in [0.25, 0.3) is 0 Å². The Bertz CT molecular complexity index is 450. The number of piperidine rings is 1. The van der Waals surface area contributed by atoms with Crippen LogP contribution in [0.5, 0.6) is 0 Å². The van der Waals surface area contributed by atoms with Gasteiger partial charge in [-0.15, -0.1) is 0 Å². The van der Waals surface area contributed by atoms with Gasteiger partial charge in [-0.1, -0.05) is 15.9 Å². The smallest absolute Gasteiger partial charge is 0.124 e. The number of benzene rings is 1. The Kier molecular flexibility index (Phi) is 4.24. The minimum Gasteiger partial charge on any atom is -0.396 e. The van der Waals surface area contributed by atoms with Gasteiger partial charge in [-0.25, -0.2) is 0 Å². The van der Waals surface area contributed by atoms with Crippen LogP contribution in [0, 0.1) is 11.3 Å². The molecule has 5 heteroatoms. The summed E-state index contributed by atoms with van der Waals surface area (Å²) in [5.74, 6) is 0.404. The van der Waals surface area contributed by atoms with E-state index in [4.69, 9.17) is 11.1 Å². The van der Waals surface area contributed by atoms with Crippen molar-refractivity contribution in [2.45, 2.75) is 12.8 Å². The molecule has 98 valence electrons. The maximum absolute atomic E-state index is 9.29. The van der Waals surface area contributed by atoms with Crippen molar-refractivity contribution in [1.82, 2.24) is 0 Å². The van der Waals surface area contributed by atoms with Crippen molar-refractivity contribution in [3.8, 4) is 0 Å². The molecule has 1 aromatic rings. The van der Waals surface area contributed by atoms with E-state index in [2.05, 4.69) is 20.8 Å². The van der Waals surface area contributed by atoms with Crippen molar-refractivity contribution < 1.29 is 5.11 Å². The van der Waals surface area contributed by atoms with Crippen LogP contribution in [0.15, 0.2) is 22.7 Å². The number of nitrogens with zero attached hydrogens (tertiary/aromatic N) is 1. The predicted octanol–water partition coefficient (Wildman–Crippen LogP) is 1.94. The quantitative estimate of drug-likeness (QED) is 0.590. The van der Waals surface area contributed by atoms with Gasteiger partial charge in [0, 0.05) is 35.4 Å². The fourth-order valence-corrected chi connectivity index (χ4v) is 2.78. The summed E-state index contributed by atoms with van der Waals surface area (Å²) < 4.78 is 0.980. The second-order valence-corrected chi connectivity index (χ2v) is 5.63. The molecule has 4 nitrogen and oxygen atoms in total. The average molecular weight is 312 g/mol. The van der Waals surface area contributed by atoms with E-state index in [1.54, 1.807) is 0 Å². The maximum Gasteiger partial charge on any atom is 0.124 e. The number of aliphatic hydroxyl groups is 1. The molecular weight excluding hydrogens is 294 g/mol. The van der Waals surface area contributed by atoms with Crippen molar-refractivity contribution in [2.24, 2.45) is 11.7 Å². The molecular formula is C13H18BrN3O. The number of rotatable bonds is 3. The van der Waals surface area contributed by atoms with Gasteiger partial charge in [0.2, 0.25) is 0 Å². The molecule has 0 amide bonds. The van der Waals surface area contributed by atoms with E-state index in [1.165, 1.54) is 0 Å². The molecule has 4 N–H and O–H groups in total. The lowest BCUT2D eigenvalue weighted by Gasteiger charge is -2.34. The van der Waals surface area contributed by atoms with Gasteiger partial charge in [-0.05, 0) is 37.0 Å². The van der Waals surface area contributed by atoms with E-state index in [9.17, 15) is 5.11 Å². The molecule has 0 saturated carbocycles. The van der Waals surface area contributed by atoms with E-state index < -0.39 is 0 Å². The van der Waals surface area contributed by atoms with Gasteiger partial charge in [0.1, 0.15) is 5.84 Å². The van der Waals surface area contributed by atoms with Crippen molar-refractivity contribution in [2.75, 3.05) is 24.6 Å². The Morgan fingerprint density at radius 3 is 3.00 bits per heavy atom. The summed E-state index contributed by atoms with van der Waals surface area (Å²) in [5.41, 5.74) is 7.37. The molecule has 0 aromatic heterocycles. The summed E-state index contributed by atoms with van der Waals surface area (Å²) in [5, 5.41) is 16.9. The number of anilines is 1. The number of nitrogens with one attached hydrogen (secondary N) is 1. The standard InChI is InChI=1S/C13H18BrN3O/c14-10-3-4-11(13(15)16)12(6-10)17-5-1-2-9(7-17)8-18/h3-4,6,9,18H,1-2,5,7-8H2,(H3,15,16). The number of amidine groups is 1. The first-order valence-electron chi connectivity index (χ1n) is 6.11. The van der Waals surface area contributed by atoms with Gasteiger partial charge in [0.05, 0.1) is 0 Å². The van der Waals surface area contributed by atoms with Crippen molar-refractivity contribution in [1.29, 1.82) is 5.41 Å². The molecule has 1 aliphatic heterocycles. The van der Waals surface area contributed by atoms with Crippen LogP contribution >= 0.6 is 15.9 Å². The van der Waals surface area contributed by atoms with E-state index in [0.717, 1.165) is 41.7 Å². The molecule has 1 aliphatic rings. The van der Waals surface area contributed by atoms with E-state index >= 15 is 0 Å². The van der Waals surface area contributed by atoms with Gasteiger partial charge in [0.25, 0.3) is 0 Å². The number of halogens is 1. The first kappa shape index (κ1) is 13.4.